The number of morpholine rings is 1. The molecule has 20 heavy (non-hydrogen) atoms. The van der Waals surface area contributed by atoms with Gasteiger partial charge in [-0.25, -0.2) is 4.98 Å². The maximum Gasteiger partial charge on any atom is 0.223 e. The van der Waals surface area contributed by atoms with Crippen molar-refractivity contribution in [2.45, 2.75) is 30.5 Å². The van der Waals surface area contributed by atoms with Crippen LogP contribution in [-0.4, -0.2) is 54.6 Å². The fraction of sp³-hybridized carbons (Fsp3) is 0.538. The average Bonchev–Trinajstić information content (AvgIpc) is 2.43. The molecule has 7 heteroatoms. The zero-order chi connectivity index (χ0) is 14.4. The topological polar surface area (TPSA) is 42.4 Å². The monoisotopic (exact) mass is 310 g/mol. The van der Waals surface area contributed by atoms with Crippen molar-refractivity contribution in [3.8, 4) is 0 Å². The van der Waals surface area contributed by atoms with E-state index in [0.717, 1.165) is 10.8 Å². The summed E-state index contributed by atoms with van der Waals surface area (Å²) < 4.78 is 5.64. The highest BCUT2D eigenvalue weighted by Gasteiger charge is 2.25. The summed E-state index contributed by atoms with van der Waals surface area (Å²) in [6.45, 7) is 3.43. The van der Waals surface area contributed by atoms with E-state index in [-0.39, 0.29) is 18.0 Å². The molecule has 0 saturated carbocycles. The Morgan fingerprint density at radius 3 is 3.10 bits per heavy atom. The van der Waals surface area contributed by atoms with Crippen molar-refractivity contribution in [1.29, 1.82) is 0 Å². The fourth-order valence-corrected chi connectivity index (χ4v) is 4.03. The summed E-state index contributed by atoms with van der Waals surface area (Å²) >= 11 is 0. The summed E-state index contributed by atoms with van der Waals surface area (Å²) in [5.41, 5.74) is 0. The minimum Gasteiger partial charge on any atom is -0.381 e. The maximum absolute atomic E-state index is 12.1. The number of carbonyl (C=O) groups excluding carboxylic acids is 1. The van der Waals surface area contributed by atoms with Crippen LogP contribution in [0.3, 0.4) is 0 Å². The summed E-state index contributed by atoms with van der Waals surface area (Å²) in [4.78, 5) is 18.3. The Labute approximate surface area is 128 Å². The maximum atomic E-state index is 12.1. The SMILES string of the molecule is BC1CN(C(=O)CCSSc2ccccn2)CC(C)O1. The molecule has 1 fully saturated rings. The predicted molar refractivity (Wildman–Crippen MR) is 86.6 cm³/mol. The zero-order valence-electron chi connectivity index (χ0n) is 11.8. The van der Waals surface area contributed by atoms with Crippen LogP contribution in [0.5, 0.6) is 0 Å². The number of hydrogen-bond donors (Lipinski definition) is 0. The molecule has 4 nitrogen and oxygen atoms in total. The first kappa shape index (κ1) is 15.7. The van der Waals surface area contributed by atoms with Crippen molar-refractivity contribution < 1.29 is 9.53 Å². The summed E-state index contributed by atoms with van der Waals surface area (Å²) in [6, 6.07) is 5.99. The van der Waals surface area contributed by atoms with Crippen molar-refractivity contribution in [3.05, 3.63) is 24.4 Å². The predicted octanol–water partition coefficient (Wildman–Crippen LogP) is 1.42. The van der Waals surface area contributed by atoms with Gasteiger partial charge in [0.25, 0.3) is 0 Å². The second-order valence-electron chi connectivity index (χ2n) is 4.88. The molecule has 0 N–H and O–H groups in total. The number of aromatic nitrogens is 1. The molecule has 2 atom stereocenters. The molecule has 1 amide bonds. The number of amides is 1. The van der Waals surface area contributed by atoms with Crippen LogP contribution in [0.15, 0.2) is 29.4 Å². The number of ether oxygens (including phenoxy) is 1. The van der Waals surface area contributed by atoms with Gasteiger partial charge in [-0.05, 0) is 29.9 Å². The lowest BCUT2D eigenvalue weighted by Crippen LogP contribution is -2.49. The van der Waals surface area contributed by atoms with Crippen LogP contribution < -0.4 is 0 Å². The van der Waals surface area contributed by atoms with Crippen molar-refractivity contribution in [1.82, 2.24) is 9.88 Å². The number of carbonyl (C=O) groups is 1. The van der Waals surface area contributed by atoms with E-state index in [1.165, 1.54) is 0 Å². The van der Waals surface area contributed by atoms with E-state index < -0.39 is 0 Å². The third-order valence-electron chi connectivity index (χ3n) is 2.95. The van der Waals surface area contributed by atoms with E-state index in [0.29, 0.717) is 19.5 Å². The number of pyridine rings is 1. The van der Waals surface area contributed by atoms with Crippen LogP contribution in [0.25, 0.3) is 0 Å². The fourth-order valence-electron chi connectivity index (χ4n) is 2.17. The lowest BCUT2D eigenvalue weighted by Gasteiger charge is -2.35. The van der Waals surface area contributed by atoms with Gasteiger partial charge in [-0.3, -0.25) is 4.79 Å². The van der Waals surface area contributed by atoms with E-state index in [9.17, 15) is 4.79 Å². The summed E-state index contributed by atoms with van der Waals surface area (Å²) in [5, 5.41) is 0.985. The van der Waals surface area contributed by atoms with Crippen LogP contribution in [0, 0.1) is 0 Å². The van der Waals surface area contributed by atoms with Gasteiger partial charge < -0.3 is 9.64 Å². The quantitative estimate of drug-likeness (QED) is 0.467. The molecule has 0 aliphatic carbocycles. The lowest BCUT2D eigenvalue weighted by molar-refractivity contribution is -0.139. The van der Waals surface area contributed by atoms with Gasteiger partial charge in [0, 0.05) is 37.5 Å². The summed E-state index contributed by atoms with van der Waals surface area (Å²) in [6.07, 6.45) is 2.49. The van der Waals surface area contributed by atoms with E-state index in [1.54, 1.807) is 27.8 Å². The van der Waals surface area contributed by atoms with Crippen LogP contribution in [0.1, 0.15) is 13.3 Å². The highest BCUT2D eigenvalue weighted by atomic mass is 33.1. The van der Waals surface area contributed by atoms with Crippen LogP contribution in [-0.2, 0) is 9.53 Å². The molecular weight excluding hydrogens is 291 g/mol. The molecule has 0 bridgehead atoms. The van der Waals surface area contributed by atoms with Crippen molar-refractivity contribution in [3.63, 3.8) is 0 Å². The number of nitrogens with zero attached hydrogens (tertiary/aromatic N) is 2. The first-order valence-electron chi connectivity index (χ1n) is 6.79. The van der Waals surface area contributed by atoms with E-state index in [2.05, 4.69) is 4.98 Å². The zero-order valence-corrected chi connectivity index (χ0v) is 13.5. The molecule has 2 rings (SSSR count). The number of rotatable bonds is 5. The molecule has 1 aliphatic heterocycles. The Bertz CT molecular complexity index is 426. The molecule has 1 aromatic heterocycles. The highest BCUT2D eigenvalue weighted by Crippen LogP contribution is 2.29. The molecule has 0 radical (unpaired) electrons. The Kier molecular flexibility index (Phi) is 6.25. The smallest absolute Gasteiger partial charge is 0.223 e. The molecule has 1 saturated heterocycles. The van der Waals surface area contributed by atoms with Crippen LogP contribution in [0.4, 0.5) is 0 Å². The average molecular weight is 310 g/mol. The molecule has 0 aromatic carbocycles. The van der Waals surface area contributed by atoms with Crippen molar-refractivity contribution in [2.24, 2.45) is 0 Å². The van der Waals surface area contributed by atoms with Crippen molar-refractivity contribution in [2.75, 3.05) is 18.8 Å². The van der Waals surface area contributed by atoms with Gasteiger partial charge in [0.2, 0.25) is 5.91 Å². The van der Waals surface area contributed by atoms with Crippen molar-refractivity contribution >= 4 is 35.3 Å². The first-order valence-corrected chi connectivity index (χ1v) is 9.11. The van der Waals surface area contributed by atoms with Gasteiger partial charge in [-0.15, -0.1) is 0 Å². The normalized spacial score (nSPS) is 22.8. The van der Waals surface area contributed by atoms with E-state index >= 15 is 0 Å². The first-order chi connectivity index (χ1) is 9.65. The molecule has 1 aliphatic rings. The largest absolute Gasteiger partial charge is 0.381 e. The second-order valence-corrected chi connectivity index (χ2v) is 7.32. The molecule has 2 heterocycles. The third kappa shape index (κ3) is 5.03. The van der Waals surface area contributed by atoms with Gasteiger partial charge in [0.15, 0.2) is 0 Å². The minimum absolute atomic E-state index is 0.137. The Hall–Kier alpha value is -0.655. The third-order valence-corrected chi connectivity index (χ3v) is 5.22. The number of hydrogen-bond acceptors (Lipinski definition) is 5. The van der Waals surface area contributed by atoms with Crippen LogP contribution in [0.2, 0.25) is 0 Å². The van der Waals surface area contributed by atoms with E-state index in [4.69, 9.17) is 4.74 Å². The molecular formula is C13H19BN2O2S2. The lowest BCUT2D eigenvalue weighted by atomic mass is 9.97. The minimum atomic E-state index is 0.137. The molecule has 1 aromatic rings. The van der Waals surface area contributed by atoms with Gasteiger partial charge in [0.05, 0.1) is 6.10 Å². The molecule has 0 spiro atoms. The standard InChI is InChI=1S/C13H19BN2O2S2/c1-10-8-16(9-11(14)18-10)13(17)5-7-19-20-12-4-2-3-6-15-12/h2-4,6,10-11H,5,7-9,14H2,1H3. The van der Waals surface area contributed by atoms with Gasteiger partial charge in [-0.1, -0.05) is 16.9 Å². The second kappa shape index (κ2) is 7.95. The molecule has 108 valence electrons. The molecule has 2 unspecified atom stereocenters. The Balaban J connectivity index is 1.67. The summed E-state index contributed by atoms with van der Waals surface area (Å²) in [7, 11) is 5.31. The van der Waals surface area contributed by atoms with Gasteiger partial charge in [0.1, 0.15) is 12.9 Å². The van der Waals surface area contributed by atoms with Gasteiger partial charge >= 0.3 is 0 Å². The Morgan fingerprint density at radius 1 is 1.55 bits per heavy atom. The highest BCUT2D eigenvalue weighted by molar-refractivity contribution is 8.76. The summed E-state index contributed by atoms with van der Waals surface area (Å²) in [5.74, 6) is 1.03. The van der Waals surface area contributed by atoms with E-state index in [1.807, 2.05) is 37.9 Å². The van der Waals surface area contributed by atoms with Crippen LogP contribution >= 0.6 is 21.6 Å². The van der Waals surface area contributed by atoms with Gasteiger partial charge in [-0.2, -0.15) is 0 Å². The Morgan fingerprint density at radius 2 is 2.40 bits per heavy atom.